The number of aromatic nitrogens is 3. The van der Waals surface area contributed by atoms with Crippen molar-refractivity contribution >= 4 is 23.7 Å². The maximum atomic E-state index is 12.3. The molecule has 0 bridgehead atoms. The molecule has 0 saturated carbocycles. The lowest BCUT2D eigenvalue weighted by Gasteiger charge is -2.24. The molecule has 0 radical (unpaired) electrons. The van der Waals surface area contributed by atoms with Crippen molar-refractivity contribution in [2.45, 2.75) is 70.0 Å². The highest BCUT2D eigenvalue weighted by atomic mass is 32.2. The van der Waals surface area contributed by atoms with Gasteiger partial charge in [0, 0.05) is 6.54 Å². The molecule has 0 aromatic carbocycles. The number of imide groups is 1. The largest absolute Gasteiger partial charge is 0.351 e. The van der Waals surface area contributed by atoms with E-state index in [1.54, 1.807) is 0 Å². The van der Waals surface area contributed by atoms with E-state index in [0.29, 0.717) is 5.16 Å². The van der Waals surface area contributed by atoms with Gasteiger partial charge in [-0.15, -0.1) is 10.2 Å². The fraction of sp³-hybridized carbons (Fsp3) is 0.765. The molecule has 26 heavy (non-hydrogen) atoms. The summed E-state index contributed by atoms with van der Waals surface area (Å²) < 4.78 is 2.11. The number of nitrogens with zero attached hydrogens (tertiary/aromatic N) is 4. The number of primary amides is 1. The van der Waals surface area contributed by atoms with Crippen molar-refractivity contribution in [1.29, 1.82) is 0 Å². The minimum Gasteiger partial charge on any atom is -0.351 e. The van der Waals surface area contributed by atoms with Crippen LogP contribution >= 0.6 is 11.8 Å². The van der Waals surface area contributed by atoms with Gasteiger partial charge in [0.1, 0.15) is 0 Å². The summed E-state index contributed by atoms with van der Waals surface area (Å²) in [4.78, 5) is 25.5. The molecule has 0 aliphatic heterocycles. The summed E-state index contributed by atoms with van der Waals surface area (Å²) >= 11 is 1.34. The van der Waals surface area contributed by atoms with Gasteiger partial charge in [0.05, 0.1) is 11.3 Å². The molecule has 1 heterocycles. The topological polar surface area (TPSA) is 106 Å². The molecule has 9 heteroatoms. The Balaban J connectivity index is 3.18. The van der Waals surface area contributed by atoms with Crippen molar-refractivity contribution < 1.29 is 9.59 Å². The zero-order valence-electron chi connectivity index (χ0n) is 16.7. The lowest BCUT2D eigenvalue weighted by atomic mass is 10.1. The van der Waals surface area contributed by atoms with Crippen molar-refractivity contribution in [2.75, 3.05) is 14.1 Å². The molecule has 0 aliphatic carbocycles. The van der Waals surface area contributed by atoms with Crippen LogP contribution in [0.4, 0.5) is 4.79 Å². The predicted octanol–water partition coefficient (Wildman–Crippen LogP) is 2.40. The van der Waals surface area contributed by atoms with Crippen LogP contribution < -0.4 is 11.1 Å². The number of thioether (sulfide) groups is 1. The number of amides is 3. The monoisotopic (exact) mass is 384 g/mol. The second-order valence-electron chi connectivity index (χ2n) is 6.87. The summed E-state index contributed by atoms with van der Waals surface area (Å²) in [6, 6.07) is -0.682. The van der Waals surface area contributed by atoms with E-state index < -0.39 is 17.2 Å². The Hall–Kier alpha value is -1.61. The summed E-state index contributed by atoms with van der Waals surface area (Å²) in [5.41, 5.74) is 5.10. The number of nitrogens with one attached hydrogen (secondary N) is 1. The zero-order chi connectivity index (χ0) is 19.9. The van der Waals surface area contributed by atoms with Gasteiger partial charge in [0.15, 0.2) is 11.0 Å². The van der Waals surface area contributed by atoms with Crippen molar-refractivity contribution in [3.8, 4) is 0 Å². The molecule has 8 nitrogen and oxygen atoms in total. The Morgan fingerprint density at radius 2 is 1.92 bits per heavy atom. The van der Waals surface area contributed by atoms with Gasteiger partial charge in [-0.05, 0) is 32.9 Å². The fourth-order valence-electron chi connectivity index (χ4n) is 2.74. The van der Waals surface area contributed by atoms with Crippen LogP contribution in [0.3, 0.4) is 0 Å². The maximum absolute atomic E-state index is 12.3. The second kappa shape index (κ2) is 10.5. The molecule has 0 fully saturated rings. The van der Waals surface area contributed by atoms with E-state index >= 15 is 0 Å². The molecule has 2 atom stereocenters. The molecule has 0 aliphatic rings. The highest BCUT2D eigenvalue weighted by Crippen LogP contribution is 2.30. The molecule has 0 unspecified atom stereocenters. The van der Waals surface area contributed by atoms with E-state index in [-0.39, 0.29) is 12.0 Å². The molecule has 3 N–H and O–H groups in total. The van der Waals surface area contributed by atoms with Gasteiger partial charge >= 0.3 is 6.03 Å². The fourth-order valence-corrected chi connectivity index (χ4v) is 3.80. The first kappa shape index (κ1) is 22.4. The van der Waals surface area contributed by atoms with Crippen LogP contribution in [0.15, 0.2) is 5.16 Å². The van der Waals surface area contributed by atoms with Gasteiger partial charge in [0.2, 0.25) is 5.91 Å². The normalized spacial score (nSPS) is 13.8. The van der Waals surface area contributed by atoms with Crippen molar-refractivity contribution in [3.63, 3.8) is 0 Å². The Bertz CT molecular complexity index is 602. The molecular weight excluding hydrogens is 352 g/mol. The van der Waals surface area contributed by atoms with Crippen LogP contribution in [-0.2, 0) is 11.3 Å². The van der Waals surface area contributed by atoms with E-state index in [2.05, 4.69) is 38.8 Å². The Labute approximate surface area is 160 Å². The van der Waals surface area contributed by atoms with E-state index in [4.69, 9.17) is 5.73 Å². The van der Waals surface area contributed by atoms with Gasteiger partial charge in [0.25, 0.3) is 0 Å². The number of hydrogen-bond acceptors (Lipinski definition) is 6. The first-order valence-corrected chi connectivity index (χ1v) is 9.97. The van der Waals surface area contributed by atoms with Gasteiger partial charge in [-0.1, -0.05) is 45.9 Å². The average molecular weight is 385 g/mol. The van der Waals surface area contributed by atoms with Crippen LogP contribution in [-0.4, -0.2) is 50.9 Å². The van der Waals surface area contributed by atoms with Crippen LogP contribution in [0.5, 0.6) is 0 Å². The third kappa shape index (κ3) is 5.98. The zero-order valence-corrected chi connectivity index (χ0v) is 17.5. The molecule has 3 amide bonds. The quantitative estimate of drug-likeness (QED) is 0.600. The Kier molecular flexibility index (Phi) is 9.07. The standard InChI is InChI=1S/C17H32N6O2S/c1-7-9-10-23-14(12(8-2)22(5)6)20-21-17(23)26-13(11(3)4)15(24)19-16(18)25/h11-13H,7-10H2,1-6H3,(H3,18,19,24,25)/t12-,13-/m1/s1. The first-order valence-electron chi connectivity index (χ1n) is 9.09. The van der Waals surface area contributed by atoms with Gasteiger partial charge < -0.3 is 10.3 Å². The van der Waals surface area contributed by atoms with Crippen LogP contribution in [0.25, 0.3) is 0 Å². The van der Waals surface area contributed by atoms with Crippen molar-refractivity contribution in [3.05, 3.63) is 5.82 Å². The van der Waals surface area contributed by atoms with Gasteiger partial charge in [-0.3, -0.25) is 15.0 Å². The Morgan fingerprint density at radius 1 is 1.27 bits per heavy atom. The maximum Gasteiger partial charge on any atom is 0.318 e. The summed E-state index contributed by atoms with van der Waals surface area (Å²) in [6.45, 7) is 8.92. The molecule has 1 rings (SSSR count). The van der Waals surface area contributed by atoms with Crippen molar-refractivity contribution in [2.24, 2.45) is 11.7 Å². The third-order valence-electron chi connectivity index (χ3n) is 4.13. The molecule has 1 aromatic heterocycles. The summed E-state index contributed by atoms with van der Waals surface area (Å²) in [7, 11) is 4.05. The van der Waals surface area contributed by atoms with Crippen LogP contribution in [0.2, 0.25) is 0 Å². The Morgan fingerprint density at radius 3 is 2.38 bits per heavy atom. The predicted molar refractivity (Wildman–Crippen MR) is 104 cm³/mol. The highest BCUT2D eigenvalue weighted by molar-refractivity contribution is 8.00. The first-order chi connectivity index (χ1) is 12.2. The summed E-state index contributed by atoms with van der Waals surface area (Å²) in [5, 5.41) is 11.2. The molecule has 148 valence electrons. The van der Waals surface area contributed by atoms with E-state index in [1.165, 1.54) is 11.8 Å². The SMILES string of the molecule is CCCCn1c(S[C@@H](C(=O)NC(N)=O)C(C)C)nnc1[C@@H](CC)N(C)C. The average Bonchev–Trinajstić information content (AvgIpc) is 2.92. The molecule has 0 saturated heterocycles. The van der Waals surface area contributed by atoms with Crippen LogP contribution in [0.1, 0.15) is 58.8 Å². The van der Waals surface area contributed by atoms with Gasteiger partial charge in [-0.25, -0.2) is 4.79 Å². The number of carbonyl (C=O) groups excluding carboxylic acids is 2. The van der Waals surface area contributed by atoms with Crippen LogP contribution in [0, 0.1) is 5.92 Å². The molecular formula is C17H32N6O2S. The second-order valence-corrected chi connectivity index (χ2v) is 7.98. The molecule has 1 aromatic rings. The highest BCUT2D eigenvalue weighted by Gasteiger charge is 2.29. The smallest absolute Gasteiger partial charge is 0.318 e. The van der Waals surface area contributed by atoms with E-state index in [1.807, 2.05) is 27.9 Å². The van der Waals surface area contributed by atoms with E-state index in [0.717, 1.165) is 31.6 Å². The summed E-state index contributed by atoms with van der Waals surface area (Å²) in [6.07, 6.45) is 2.97. The number of rotatable bonds is 10. The number of unbranched alkanes of at least 4 members (excludes halogenated alkanes) is 1. The van der Waals surface area contributed by atoms with E-state index in [9.17, 15) is 9.59 Å². The lowest BCUT2D eigenvalue weighted by Crippen LogP contribution is -2.42. The number of nitrogens with two attached hydrogens (primary N) is 1. The number of hydrogen-bond donors (Lipinski definition) is 2. The number of urea groups is 1. The minimum absolute atomic E-state index is 0.00921. The van der Waals surface area contributed by atoms with Gasteiger partial charge in [-0.2, -0.15) is 0 Å². The lowest BCUT2D eigenvalue weighted by molar-refractivity contribution is -0.120. The third-order valence-corrected chi connectivity index (χ3v) is 5.66. The van der Waals surface area contributed by atoms with Crippen molar-refractivity contribution in [1.82, 2.24) is 25.0 Å². The number of carbonyl (C=O) groups is 2. The molecule has 0 spiro atoms. The summed E-state index contributed by atoms with van der Waals surface area (Å²) in [5.74, 6) is 0.518. The minimum atomic E-state index is -0.840.